The second kappa shape index (κ2) is 14.8. The van der Waals surface area contributed by atoms with Crippen molar-refractivity contribution in [1.82, 2.24) is 19.6 Å². The molecule has 1 aliphatic heterocycles. The number of likely N-dealkylation sites (N-methyl/N-ethyl adjacent to an activating group) is 1. The maximum absolute atomic E-state index is 13.7. The van der Waals surface area contributed by atoms with Crippen LogP contribution in [0, 0.1) is 0 Å². The first-order valence-corrected chi connectivity index (χ1v) is 15.1. The van der Waals surface area contributed by atoms with E-state index in [4.69, 9.17) is 9.84 Å². The van der Waals surface area contributed by atoms with Crippen molar-refractivity contribution in [2.75, 3.05) is 52.5 Å². The van der Waals surface area contributed by atoms with E-state index in [1.165, 1.54) is 10.9 Å². The first-order chi connectivity index (χ1) is 21.3. The van der Waals surface area contributed by atoms with Crippen LogP contribution in [0.1, 0.15) is 36.1 Å². The lowest BCUT2D eigenvalue weighted by atomic mass is 10.0. The smallest absolute Gasteiger partial charge is 0.394 e. The molecule has 0 atom stereocenters. The van der Waals surface area contributed by atoms with E-state index in [0.717, 1.165) is 37.5 Å². The first-order valence-electron chi connectivity index (χ1n) is 14.2. The van der Waals surface area contributed by atoms with Crippen LogP contribution in [-0.4, -0.2) is 88.3 Å². The van der Waals surface area contributed by atoms with E-state index < -0.39 is 23.5 Å². The minimum atomic E-state index is -4.98. The number of hydrogen-bond donors (Lipinski definition) is 1. The Labute approximate surface area is 260 Å². The van der Waals surface area contributed by atoms with Gasteiger partial charge in [-0.05, 0) is 66.3 Å². The summed E-state index contributed by atoms with van der Waals surface area (Å²) in [5, 5.41) is 13.6. The summed E-state index contributed by atoms with van der Waals surface area (Å²) in [6.45, 7) is 7.63. The molecular formula is C30H33F6N5O3S. The van der Waals surface area contributed by atoms with Gasteiger partial charge in [0.1, 0.15) is 5.84 Å². The zero-order chi connectivity index (χ0) is 32.8. The van der Waals surface area contributed by atoms with Gasteiger partial charge in [0.05, 0.1) is 47.9 Å². The van der Waals surface area contributed by atoms with Gasteiger partial charge >= 0.3 is 17.6 Å². The Kier molecular flexibility index (Phi) is 11.3. The molecule has 0 radical (unpaired) electrons. The van der Waals surface area contributed by atoms with Gasteiger partial charge in [0, 0.05) is 31.2 Å². The lowest BCUT2D eigenvalue weighted by Crippen LogP contribution is -2.40. The molecule has 1 aliphatic rings. The third kappa shape index (κ3) is 9.08. The molecule has 15 heteroatoms. The molecule has 4 rings (SSSR count). The Hall–Kier alpha value is -3.40. The number of hydrogen-bond acceptors (Lipinski definition) is 7. The summed E-state index contributed by atoms with van der Waals surface area (Å²) in [6, 6.07) is 6.75. The highest BCUT2D eigenvalue weighted by Crippen LogP contribution is 2.38. The van der Waals surface area contributed by atoms with Gasteiger partial charge in [0.15, 0.2) is 0 Å². The summed E-state index contributed by atoms with van der Waals surface area (Å²) < 4.78 is 86.9. The Bertz CT molecular complexity index is 1550. The van der Waals surface area contributed by atoms with Crippen molar-refractivity contribution < 1.29 is 41.0 Å². The molecule has 0 bridgehead atoms. The van der Waals surface area contributed by atoms with Crippen LogP contribution in [0.25, 0.3) is 17.0 Å². The number of benzene rings is 2. The van der Waals surface area contributed by atoms with Gasteiger partial charge in [0.2, 0.25) is 0 Å². The number of aliphatic imine (C=N–C) groups is 1. The lowest BCUT2D eigenvalue weighted by molar-refractivity contribution is -0.143. The second-order valence-electron chi connectivity index (χ2n) is 10.2. The number of thioether (sulfide) groups is 1. The fraction of sp³-hybridized carbons (Fsp3) is 0.433. The zero-order valence-corrected chi connectivity index (χ0v) is 25.5. The Morgan fingerprint density at radius 3 is 2.40 bits per heavy atom. The molecule has 0 fully saturated rings. The van der Waals surface area contributed by atoms with Crippen molar-refractivity contribution >= 4 is 39.8 Å². The number of amides is 1. The van der Waals surface area contributed by atoms with Gasteiger partial charge < -0.3 is 19.6 Å². The number of aliphatic hydroxyl groups is 1. The van der Waals surface area contributed by atoms with Crippen molar-refractivity contribution in [3.8, 4) is 0 Å². The monoisotopic (exact) mass is 657 g/mol. The normalized spacial score (nSPS) is 15.1. The summed E-state index contributed by atoms with van der Waals surface area (Å²) in [4.78, 5) is 21.5. The van der Waals surface area contributed by atoms with E-state index in [9.17, 15) is 31.1 Å². The molecule has 8 nitrogen and oxygen atoms in total. The van der Waals surface area contributed by atoms with E-state index in [1.54, 1.807) is 24.3 Å². The molecule has 2 heterocycles. The summed E-state index contributed by atoms with van der Waals surface area (Å²) in [7, 11) is 0. The van der Waals surface area contributed by atoms with Crippen molar-refractivity contribution in [3.63, 3.8) is 0 Å². The van der Waals surface area contributed by atoms with E-state index in [1.807, 2.05) is 4.90 Å². The minimum Gasteiger partial charge on any atom is -0.394 e. The summed E-state index contributed by atoms with van der Waals surface area (Å²) in [5.41, 5.74) is -1.93. The molecule has 0 unspecified atom stereocenters. The number of rotatable bonds is 13. The Morgan fingerprint density at radius 2 is 1.73 bits per heavy atom. The molecule has 0 saturated carbocycles. The maximum Gasteiger partial charge on any atom is 0.416 e. The molecular weight excluding hydrogens is 624 g/mol. The predicted octanol–water partition coefficient (Wildman–Crippen LogP) is 6.38. The highest BCUT2D eigenvalue weighted by molar-refractivity contribution is 8.18. The number of amidine groups is 1. The number of aliphatic hydroxyl groups excluding tert-OH is 1. The number of alkyl halides is 6. The molecule has 1 N–H and O–H groups in total. The van der Waals surface area contributed by atoms with Crippen LogP contribution in [0.2, 0.25) is 0 Å². The van der Waals surface area contributed by atoms with Crippen LogP contribution in [0.4, 0.5) is 31.1 Å². The number of carbonyl (C=O) groups excluding carboxylic acids is 1. The third-order valence-electron chi connectivity index (χ3n) is 7.18. The Morgan fingerprint density at radius 1 is 0.978 bits per heavy atom. The fourth-order valence-corrected chi connectivity index (χ4v) is 5.62. The topological polar surface area (TPSA) is 83.2 Å². The predicted molar refractivity (Wildman–Crippen MR) is 161 cm³/mol. The average molecular weight is 658 g/mol. The van der Waals surface area contributed by atoms with Crippen LogP contribution in [0.15, 0.2) is 52.5 Å². The molecule has 1 aromatic heterocycles. The number of fused-ring (bicyclic) bond motifs is 1. The average Bonchev–Trinajstić information content (AvgIpc) is 3.55. The second-order valence-corrected chi connectivity index (χ2v) is 11.2. The van der Waals surface area contributed by atoms with Crippen LogP contribution >= 0.6 is 11.8 Å². The molecule has 0 spiro atoms. The summed E-state index contributed by atoms with van der Waals surface area (Å²) in [5.74, 6) is 0.502. The number of halogens is 6. The van der Waals surface area contributed by atoms with Crippen LogP contribution in [0.3, 0.4) is 0 Å². The highest BCUT2D eigenvalue weighted by atomic mass is 32.2. The van der Waals surface area contributed by atoms with Gasteiger partial charge in [-0.25, -0.2) is 0 Å². The van der Waals surface area contributed by atoms with Crippen LogP contribution in [0.5, 0.6) is 0 Å². The standard InChI is InChI=1S/C30H33F6N5O3S/c1-3-39(4-2)9-10-40(11-13-44-14-12-42)27-26(45-28(43)37-27)16-20-5-8-25-22(15-20)19-41(38-25)18-21-6-7-23(29(31,32)33)17-24(21)30(34,35)36/h5-8,15-17,19,42H,3-4,9-14,18H2,1-2H3/b26-16-. The molecule has 3 aromatic rings. The highest BCUT2D eigenvalue weighted by Gasteiger charge is 2.38. The van der Waals surface area contributed by atoms with E-state index in [2.05, 4.69) is 28.8 Å². The molecule has 1 amide bonds. The lowest BCUT2D eigenvalue weighted by Gasteiger charge is -2.28. The maximum atomic E-state index is 13.7. The van der Waals surface area contributed by atoms with Crippen molar-refractivity contribution in [1.29, 1.82) is 0 Å². The van der Waals surface area contributed by atoms with Crippen LogP contribution < -0.4 is 0 Å². The van der Waals surface area contributed by atoms with Gasteiger partial charge in [-0.2, -0.15) is 36.4 Å². The zero-order valence-electron chi connectivity index (χ0n) is 24.7. The van der Waals surface area contributed by atoms with E-state index in [-0.39, 0.29) is 36.6 Å². The largest absolute Gasteiger partial charge is 0.416 e. The number of ether oxygens (including phenoxy) is 1. The van der Waals surface area contributed by atoms with E-state index in [0.29, 0.717) is 53.0 Å². The van der Waals surface area contributed by atoms with Gasteiger partial charge in [-0.3, -0.25) is 9.48 Å². The number of carbonyl (C=O) groups is 1. The molecule has 0 saturated heterocycles. The Balaban J connectivity index is 1.59. The van der Waals surface area contributed by atoms with Gasteiger partial charge in [-0.15, -0.1) is 0 Å². The molecule has 45 heavy (non-hydrogen) atoms. The van der Waals surface area contributed by atoms with Gasteiger partial charge in [-0.1, -0.05) is 26.0 Å². The van der Waals surface area contributed by atoms with E-state index >= 15 is 0 Å². The summed E-state index contributed by atoms with van der Waals surface area (Å²) >= 11 is 0.980. The van der Waals surface area contributed by atoms with Crippen molar-refractivity contribution in [2.45, 2.75) is 32.7 Å². The van der Waals surface area contributed by atoms with Crippen molar-refractivity contribution in [3.05, 3.63) is 69.8 Å². The molecule has 0 aliphatic carbocycles. The number of aromatic nitrogens is 2. The molecule has 2 aromatic carbocycles. The van der Waals surface area contributed by atoms with Crippen LogP contribution in [-0.2, 0) is 23.6 Å². The number of nitrogens with zero attached hydrogens (tertiary/aromatic N) is 5. The molecule has 244 valence electrons. The quantitative estimate of drug-likeness (QED) is 0.169. The fourth-order valence-electron chi connectivity index (χ4n) is 4.84. The first kappa shape index (κ1) is 34.5. The minimum absolute atomic E-state index is 0.104. The van der Waals surface area contributed by atoms with Crippen molar-refractivity contribution in [2.24, 2.45) is 4.99 Å². The third-order valence-corrected chi connectivity index (χ3v) is 7.97. The SMILES string of the molecule is CCN(CC)CCN(CCOCCO)C1=NC(=O)S/C1=C\c1ccc2nn(Cc3ccc(C(F)(F)F)cc3C(F)(F)F)cc2c1. The summed E-state index contributed by atoms with van der Waals surface area (Å²) in [6.07, 6.45) is -6.58. The van der Waals surface area contributed by atoms with Gasteiger partial charge in [0.25, 0.3) is 0 Å².